The highest BCUT2D eigenvalue weighted by Crippen LogP contribution is 2.41. The standard InChI is InChI=1S/C24H26N4O/c1-17-7-10-19(11-8-17)28-22-15-24(2,3)14-21(20(22)16-26-28)27-23(29)12-9-18-6-4-5-13-25-18/h4-13,16,21H,14-15H2,1-3H3,(H,27,29). The Hall–Kier alpha value is -3.21. The number of amides is 1. The third-order valence-electron chi connectivity index (χ3n) is 5.37. The van der Waals surface area contributed by atoms with Crippen molar-refractivity contribution in [1.29, 1.82) is 0 Å². The minimum atomic E-state index is -0.118. The second kappa shape index (κ2) is 7.66. The van der Waals surface area contributed by atoms with Crippen molar-refractivity contribution in [3.05, 3.63) is 83.4 Å². The van der Waals surface area contributed by atoms with E-state index in [1.165, 1.54) is 11.3 Å². The van der Waals surface area contributed by atoms with E-state index in [1.54, 1.807) is 18.3 Å². The van der Waals surface area contributed by atoms with Crippen molar-refractivity contribution in [2.75, 3.05) is 0 Å². The van der Waals surface area contributed by atoms with Crippen molar-refractivity contribution in [2.45, 2.75) is 39.7 Å². The fourth-order valence-corrected chi connectivity index (χ4v) is 3.94. The maximum Gasteiger partial charge on any atom is 0.244 e. The molecule has 1 amide bonds. The Labute approximate surface area is 171 Å². The third-order valence-corrected chi connectivity index (χ3v) is 5.37. The predicted octanol–water partition coefficient (Wildman–Crippen LogP) is 4.42. The van der Waals surface area contributed by atoms with Crippen molar-refractivity contribution in [1.82, 2.24) is 20.1 Å². The van der Waals surface area contributed by atoms with Crippen LogP contribution in [-0.4, -0.2) is 20.7 Å². The summed E-state index contributed by atoms with van der Waals surface area (Å²) in [6, 6.07) is 13.9. The molecule has 5 heteroatoms. The van der Waals surface area contributed by atoms with Crippen molar-refractivity contribution >= 4 is 12.0 Å². The summed E-state index contributed by atoms with van der Waals surface area (Å²) >= 11 is 0. The Morgan fingerprint density at radius 3 is 2.72 bits per heavy atom. The number of benzene rings is 1. The first-order valence-electron chi connectivity index (χ1n) is 9.95. The van der Waals surface area contributed by atoms with E-state index in [-0.39, 0.29) is 17.4 Å². The molecule has 0 radical (unpaired) electrons. The third kappa shape index (κ3) is 4.29. The van der Waals surface area contributed by atoms with Gasteiger partial charge in [-0.15, -0.1) is 0 Å². The Balaban J connectivity index is 1.59. The summed E-state index contributed by atoms with van der Waals surface area (Å²) in [7, 11) is 0. The summed E-state index contributed by atoms with van der Waals surface area (Å²) in [4.78, 5) is 16.8. The molecule has 1 unspecified atom stereocenters. The first-order valence-corrected chi connectivity index (χ1v) is 9.95. The molecule has 0 aliphatic heterocycles. The summed E-state index contributed by atoms with van der Waals surface area (Å²) in [5, 5.41) is 7.82. The molecule has 0 fully saturated rings. The van der Waals surface area contributed by atoms with Crippen molar-refractivity contribution in [3.63, 3.8) is 0 Å². The monoisotopic (exact) mass is 386 g/mol. The maximum absolute atomic E-state index is 12.6. The van der Waals surface area contributed by atoms with Gasteiger partial charge in [-0.3, -0.25) is 9.78 Å². The molecule has 0 saturated carbocycles. The molecule has 0 saturated heterocycles. The molecule has 0 spiro atoms. The van der Waals surface area contributed by atoms with E-state index in [4.69, 9.17) is 0 Å². The lowest BCUT2D eigenvalue weighted by Crippen LogP contribution is -2.36. The van der Waals surface area contributed by atoms with Gasteiger partial charge in [0.2, 0.25) is 5.91 Å². The van der Waals surface area contributed by atoms with Crippen LogP contribution in [0.25, 0.3) is 11.8 Å². The molecular formula is C24H26N4O. The topological polar surface area (TPSA) is 59.8 Å². The van der Waals surface area contributed by atoms with Gasteiger partial charge >= 0.3 is 0 Å². The minimum absolute atomic E-state index is 0.0613. The number of fused-ring (bicyclic) bond motifs is 1. The summed E-state index contributed by atoms with van der Waals surface area (Å²) in [6.07, 6.45) is 8.70. The highest BCUT2D eigenvalue weighted by molar-refractivity contribution is 5.91. The number of hydrogen-bond acceptors (Lipinski definition) is 3. The number of nitrogens with one attached hydrogen (secondary N) is 1. The molecular weight excluding hydrogens is 360 g/mol. The number of hydrogen-bond donors (Lipinski definition) is 1. The van der Waals surface area contributed by atoms with Gasteiger partial charge in [0.1, 0.15) is 0 Å². The van der Waals surface area contributed by atoms with Gasteiger partial charge in [-0.05, 0) is 55.5 Å². The highest BCUT2D eigenvalue weighted by Gasteiger charge is 2.35. The largest absolute Gasteiger partial charge is 0.346 e. The van der Waals surface area contributed by atoms with E-state index in [2.05, 4.69) is 60.4 Å². The van der Waals surface area contributed by atoms with Gasteiger partial charge in [0.15, 0.2) is 0 Å². The predicted molar refractivity (Wildman–Crippen MR) is 115 cm³/mol. The molecule has 2 aromatic heterocycles. The normalized spacial score (nSPS) is 17.8. The van der Waals surface area contributed by atoms with E-state index in [0.29, 0.717) is 0 Å². The van der Waals surface area contributed by atoms with Gasteiger partial charge in [0, 0.05) is 17.8 Å². The SMILES string of the molecule is Cc1ccc(-n2ncc3c2CC(C)(C)CC3NC(=O)C=Cc2ccccn2)cc1. The Morgan fingerprint density at radius 2 is 2.00 bits per heavy atom. The number of aromatic nitrogens is 3. The van der Waals surface area contributed by atoms with E-state index in [1.807, 2.05) is 29.1 Å². The van der Waals surface area contributed by atoms with Crippen molar-refractivity contribution in [2.24, 2.45) is 5.41 Å². The van der Waals surface area contributed by atoms with Crippen LogP contribution in [0.2, 0.25) is 0 Å². The van der Waals surface area contributed by atoms with Gasteiger partial charge in [-0.2, -0.15) is 5.10 Å². The number of aryl methyl sites for hydroxylation is 1. The van der Waals surface area contributed by atoms with Crippen molar-refractivity contribution in [3.8, 4) is 5.69 Å². The zero-order chi connectivity index (χ0) is 20.4. The van der Waals surface area contributed by atoms with E-state index in [0.717, 1.165) is 29.8 Å². The summed E-state index contributed by atoms with van der Waals surface area (Å²) in [5.74, 6) is -0.118. The van der Waals surface area contributed by atoms with Gasteiger partial charge in [-0.25, -0.2) is 4.68 Å². The van der Waals surface area contributed by atoms with E-state index in [9.17, 15) is 4.79 Å². The minimum Gasteiger partial charge on any atom is -0.346 e. The van der Waals surface area contributed by atoms with Crippen LogP contribution in [0.5, 0.6) is 0 Å². The lowest BCUT2D eigenvalue weighted by Gasteiger charge is -2.35. The first-order chi connectivity index (χ1) is 13.9. The van der Waals surface area contributed by atoms with Crippen LogP contribution >= 0.6 is 0 Å². The van der Waals surface area contributed by atoms with Crippen LogP contribution in [-0.2, 0) is 11.2 Å². The Morgan fingerprint density at radius 1 is 1.21 bits per heavy atom. The zero-order valence-corrected chi connectivity index (χ0v) is 17.1. The lowest BCUT2D eigenvalue weighted by molar-refractivity contribution is -0.117. The van der Waals surface area contributed by atoms with E-state index >= 15 is 0 Å². The van der Waals surface area contributed by atoms with Crippen LogP contribution in [0.1, 0.15) is 48.8 Å². The van der Waals surface area contributed by atoms with Crippen LogP contribution in [0.15, 0.2) is 60.9 Å². The number of rotatable bonds is 4. The lowest BCUT2D eigenvalue weighted by atomic mass is 9.74. The van der Waals surface area contributed by atoms with Crippen LogP contribution in [0.4, 0.5) is 0 Å². The summed E-state index contributed by atoms with van der Waals surface area (Å²) < 4.78 is 2.01. The first kappa shape index (κ1) is 19.1. The van der Waals surface area contributed by atoms with Gasteiger partial charge < -0.3 is 5.32 Å². The molecule has 4 rings (SSSR count). The second-order valence-corrected chi connectivity index (χ2v) is 8.49. The van der Waals surface area contributed by atoms with Gasteiger partial charge in [0.25, 0.3) is 0 Å². The van der Waals surface area contributed by atoms with Crippen LogP contribution < -0.4 is 5.32 Å². The zero-order valence-electron chi connectivity index (χ0n) is 17.1. The molecule has 1 atom stereocenters. The fourth-order valence-electron chi connectivity index (χ4n) is 3.94. The number of pyridine rings is 1. The quantitative estimate of drug-likeness (QED) is 0.675. The molecule has 3 aromatic rings. The maximum atomic E-state index is 12.6. The molecule has 1 N–H and O–H groups in total. The van der Waals surface area contributed by atoms with E-state index < -0.39 is 0 Å². The number of carbonyl (C=O) groups excluding carboxylic acids is 1. The highest BCUT2D eigenvalue weighted by atomic mass is 16.1. The molecule has 1 aromatic carbocycles. The van der Waals surface area contributed by atoms with Gasteiger partial charge in [-0.1, -0.05) is 37.6 Å². The summed E-state index contributed by atoms with van der Waals surface area (Å²) in [6.45, 7) is 6.56. The van der Waals surface area contributed by atoms with Gasteiger partial charge in [0.05, 0.1) is 29.3 Å². The smallest absolute Gasteiger partial charge is 0.244 e. The molecule has 1 aliphatic carbocycles. The summed E-state index contributed by atoms with van der Waals surface area (Å²) in [5.41, 5.74) is 5.38. The molecule has 29 heavy (non-hydrogen) atoms. The van der Waals surface area contributed by atoms with Crippen LogP contribution in [0, 0.1) is 12.3 Å². The average Bonchev–Trinajstić information content (AvgIpc) is 3.10. The molecule has 2 heterocycles. The van der Waals surface area contributed by atoms with Crippen LogP contribution in [0.3, 0.4) is 0 Å². The molecule has 5 nitrogen and oxygen atoms in total. The fraction of sp³-hybridized carbons (Fsp3) is 0.292. The van der Waals surface area contributed by atoms with Crippen molar-refractivity contribution < 1.29 is 4.79 Å². The number of nitrogens with zero attached hydrogens (tertiary/aromatic N) is 3. The Bertz CT molecular complexity index is 1030. The molecule has 1 aliphatic rings. The average molecular weight is 386 g/mol. The molecule has 0 bridgehead atoms. The molecule has 148 valence electrons. The second-order valence-electron chi connectivity index (χ2n) is 8.49. The number of carbonyl (C=O) groups is 1. The Kier molecular flexibility index (Phi) is 5.05.